The highest BCUT2D eigenvalue weighted by atomic mass is 32.1. The van der Waals surface area contributed by atoms with Crippen LogP contribution >= 0.6 is 11.5 Å². The molecule has 0 amide bonds. The van der Waals surface area contributed by atoms with Gasteiger partial charge in [-0.2, -0.15) is 4.37 Å². The van der Waals surface area contributed by atoms with Crippen LogP contribution in [0.1, 0.15) is 51.3 Å². The van der Waals surface area contributed by atoms with Gasteiger partial charge in [0.15, 0.2) is 0 Å². The third-order valence-corrected chi connectivity index (χ3v) is 4.58. The Morgan fingerprint density at radius 1 is 1.31 bits per heavy atom. The Morgan fingerprint density at radius 2 is 2.19 bits per heavy atom. The van der Waals surface area contributed by atoms with Crippen molar-refractivity contribution in [3.05, 3.63) is 5.82 Å². The van der Waals surface area contributed by atoms with Crippen LogP contribution in [-0.2, 0) is 0 Å². The zero-order valence-corrected chi connectivity index (χ0v) is 10.8. The molecule has 2 aliphatic carbocycles. The Morgan fingerprint density at radius 3 is 2.81 bits per heavy atom. The molecule has 3 nitrogen and oxygen atoms in total. The first kappa shape index (κ1) is 10.5. The Bertz CT molecular complexity index is 374. The quantitative estimate of drug-likeness (QED) is 0.877. The lowest BCUT2D eigenvalue weighted by atomic mass is 9.88. The fourth-order valence-corrected chi connectivity index (χ4v) is 4.03. The highest BCUT2D eigenvalue weighted by molar-refractivity contribution is 7.09. The van der Waals surface area contributed by atoms with Crippen molar-refractivity contribution < 1.29 is 0 Å². The molecule has 3 rings (SSSR count). The summed E-state index contributed by atoms with van der Waals surface area (Å²) in [6.45, 7) is 4.28. The summed E-state index contributed by atoms with van der Waals surface area (Å²) >= 11 is 1.52. The van der Waals surface area contributed by atoms with Gasteiger partial charge in [0, 0.05) is 23.5 Å². The Hall–Kier alpha value is -0.640. The second kappa shape index (κ2) is 3.99. The monoisotopic (exact) mass is 237 g/mol. The fraction of sp³-hybridized carbons (Fsp3) is 0.833. The molecule has 1 N–H and O–H groups in total. The van der Waals surface area contributed by atoms with Crippen LogP contribution in [0.15, 0.2) is 0 Å². The van der Waals surface area contributed by atoms with Gasteiger partial charge < -0.3 is 5.32 Å². The van der Waals surface area contributed by atoms with Crippen LogP contribution in [0.2, 0.25) is 0 Å². The molecule has 3 atom stereocenters. The van der Waals surface area contributed by atoms with Crippen molar-refractivity contribution in [1.82, 2.24) is 9.36 Å². The van der Waals surface area contributed by atoms with Gasteiger partial charge in [-0.25, -0.2) is 4.98 Å². The molecule has 88 valence electrons. The summed E-state index contributed by atoms with van der Waals surface area (Å²) in [5.74, 6) is 3.63. The van der Waals surface area contributed by atoms with Crippen molar-refractivity contribution in [1.29, 1.82) is 0 Å². The summed E-state index contributed by atoms with van der Waals surface area (Å²) in [6.07, 6.45) is 5.61. The first-order chi connectivity index (χ1) is 7.72. The van der Waals surface area contributed by atoms with E-state index in [-0.39, 0.29) is 0 Å². The van der Waals surface area contributed by atoms with Crippen molar-refractivity contribution in [3.8, 4) is 0 Å². The maximum Gasteiger partial charge on any atom is 0.202 e. The molecular formula is C12H19N3S. The zero-order valence-electron chi connectivity index (χ0n) is 9.94. The van der Waals surface area contributed by atoms with Crippen molar-refractivity contribution >= 4 is 16.7 Å². The summed E-state index contributed by atoms with van der Waals surface area (Å²) in [5.41, 5.74) is 0. The second-order valence-corrected chi connectivity index (χ2v) is 6.29. The SMILES string of the molecule is CC(C)Nc1nc(C2CC3CCC2C3)ns1. The predicted molar refractivity (Wildman–Crippen MR) is 66.9 cm³/mol. The van der Waals surface area contributed by atoms with Gasteiger partial charge in [-0.15, -0.1) is 0 Å². The number of aromatic nitrogens is 2. The van der Waals surface area contributed by atoms with E-state index in [1.807, 2.05) is 0 Å². The third kappa shape index (κ3) is 1.83. The van der Waals surface area contributed by atoms with Gasteiger partial charge >= 0.3 is 0 Å². The van der Waals surface area contributed by atoms with E-state index >= 15 is 0 Å². The zero-order chi connectivity index (χ0) is 11.1. The van der Waals surface area contributed by atoms with E-state index in [0.29, 0.717) is 12.0 Å². The number of anilines is 1. The van der Waals surface area contributed by atoms with Gasteiger partial charge in [-0.3, -0.25) is 0 Å². The lowest BCUT2D eigenvalue weighted by Gasteiger charge is -2.18. The average Bonchev–Trinajstić information content (AvgIpc) is 2.89. The molecule has 0 spiro atoms. The third-order valence-electron chi connectivity index (χ3n) is 3.92. The minimum atomic E-state index is 0.445. The van der Waals surface area contributed by atoms with E-state index in [9.17, 15) is 0 Å². The minimum Gasteiger partial charge on any atom is -0.358 e. The highest BCUT2D eigenvalue weighted by Crippen LogP contribution is 2.52. The number of fused-ring (bicyclic) bond motifs is 2. The van der Waals surface area contributed by atoms with Crippen LogP contribution in [0.5, 0.6) is 0 Å². The van der Waals surface area contributed by atoms with Gasteiger partial charge in [0.2, 0.25) is 5.13 Å². The van der Waals surface area contributed by atoms with Gasteiger partial charge in [-0.1, -0.05) is 6.42 Å². The van der Waals surface area contributed by atoms with Gasteiger partial charge in [0.1, 0.15) is 5.82 Å². The predicted octanol–water partition coefficient (Wildman–Crippen LogP) is 3.26. The van der Waals surface area contributed by atoms with E-state index in [0.717, 1.165) is 22.8 Å². The van der Waals surface area contributed by atoms with Crippen LogP contribution in [0.4, 0.5) is 5.13 Å². The van der Waals surface area contributed by atoms with Crippen molar-refractivity contribution in [2.24, 2.45) is 11.8 Å². The van der Waals surface area contributed by atoms with Crippen LogP contribution in [-0.4, -0.2) is 15.4 Å². The largest absolute Gasteiger partial charge is 0.358 e. The number of nitrogens with zero attached hydrogens (tertiary/aromatic N) is 2. The van der Waals surface area contributed by atoms with Gasteiger partial charge in [-0.05, 0) is 44.9 Å². The normalized spacial score (nSPS) is 32.6. The molecule has 4 heteroatoms. The summed E-state index contributed by atoms with van der Waals surface area (Å²) in [5, 5.41) is 4.33. The Labute approximate surface area is 101 Å². The van der Waals surface area contributed by atoms with E-state index in [2.05, 4.69) is 28.5 Å². The summed E-state index contributed by atoms with van der Waals surface area (Å²) < 4.78 is 4.54. The summed E-state index contributed by atoms with van der Waals surface area (Å²) in [7, 11) is 0. The summed E-state index contributed by atoms with van der Waals surface area (Å²) in [4.78, 5) is 4.65. The lowest BCUT2D eigenvalue weighted by molar-refractivity contribution is 0.408. The average molecular weight is 237 g/mol. The van der Waals surface area contributed by atoms with Crippen LogP contribution in [0, 0.1) is 11.8 Å². The van der Waals surface area contributed by atoms with E-state index in [4.69, 9.17) is 0 Å². The number of hydrogen-bond acceptors (Lipinski definition) is 4. The van der Waals surface area contributed by atoms with Crippen molar-refractivity contribution in [2.75, 3.05) is 5.32 Å². The molecule has 0 saturated heterocycles. The molecule has 1 aromatic rings. The molecule has 2 saturated carbocycles. The van der Waals surface area contributed by atoms with E-state index in [1.165, 1.54) is 37.2 Å². The molecule has 2 aliphatic rings. The van der Waals surface area contributed by atoms with E-state index in [1.54, 1.807) is 0 Å². The lowest BCUT2D eigenvalue weighted by Crippen LogP contribution is -2.11. The van der Waals surface area contributed by atoms with Gasteiger partial charge in [0.25, 0.3) is 0 Å². The molecule has 0 aromatic carbocycles. The standard InChI is InChI=1S/C12H19N3S/c1-7(2)13-12-14-11(15-16-12)10-6-8-3-4-9(10)5-8/h7-10H,3-6H2,1-2H3,(H,13,14,15). The first-order valence-corrected chi connectivity index (χ1v) is 7.10. The molecule has 2 fully saturated rings. The fourth-order valence-electron chi connectivity index (χ4n) is 3.25. The number of nitrogens with one attached hydrogen (secondary N) is 1. The Kier molecular flexibility index (Phi) is 2.62. The Balaban J connectivity index is 1.73. The maximum atomic E-state index is 4.65. The minimum absolute atomic E-state index is 0.445. The van der Waals surface area contributed by atoms with Crippen LogP contribution < -0.4 is 5.32 Å². The topological polar surface area (TPSA) is 37.8 Å². The number of rotatable bonds is 3. The molecule has 1 aromatic heterocycles. The second-order valence-electron chi connectivity index (χ2n) is 5.54. The molecular weight excluding hydrogens is 218 g/mol. The summed E-state index contributed by atoms with van der Waals surface area (Å²) in [6, 6.07) is 0.445. The molecule has 3 unspecified atom stereocenters. The highest BCUT2D eigenvalue weighted by Gasteiger charge is 2.41. The number of hydrogen-bond donors (Lipinski definition) is 1. The maximum absolute atomic E-state index is 4.65. The van der Waals surface area contributed by atoms with E-state index < -0.39 is 0 Å². The molecule has 0 aliphatic heterocycles. The van der Waals surface area contributed by atoms with Gasteiger partial charge in [0.05, 0.1) is 0 Å². The van der Waals surface area contributed by atoms with Crippen molar-refractivity contribution in [3.63, 3.8) is 0 Å². The van der Waals surface area contributed by atoms with Crippen LogP contribution in [0.25, 0.3) is 0 Å². The molecule has 16 heavy (non-hydrogen) atoms. The first-order valence-electron chi connectivity index (χ1n) is 6.32. The smallest absolute Gasteiger partial charge is 0.202 e. The molecule has 1 heterocycles. The molecule has 2 bridgehead atoms. The molecule has 0 radical (unpaired) electrons. The van der Waals surface area contributed by atoms with Crippen LogP contribution in [0.3, 0.4) is 0 Å². The van der Waals surface area contributed by atoms with Crippen molar-refractivity contribution in [2.45, 2.75) is 51.5 Å².